The Morgan fingerprint density at radius 1 is 1.22 bits per heavy atom. The predicted molar refractivity (Wildman–Crippen MR) is 90.5 cm³/mol. The number of para-hydroxylation sites is 1. The van der Waals surface area contributed by atoms with E-state index in [1.165, 1.54) is 0 Å². The molecule has 23 heavy (non-hydrogen) atoms. The van der Waals surface area contributed by atoms with Crippen molar-refractivity contribution in [2.45, 2.75) is 6.92 Å². The third-order valence-electron chi connectivity index (χ3n) is 3.70. The molecule has 0 radical (unpaired) electrons. The summed E-state index contributed by atoms with van der Waals surface area (Å²) < 4.78 is 5.08. The summed E-state index contributed by atoms with van der Waals surface area (Å²) in [6.07, 6.45) is 0. The number of nitrogens with zero attached hydrogens (tertiary/aromatic N) is 3. The molecule has 1 fully saturated rings. The zero-order chi connectivity index (χ0) is 16.4. The van der Waals surface area contributed by atoms with Crippen LogP contribution < -0.4 is 10.2 Å². The van der Waals surface area contributed by atoms with Gasteiger partial charge in [-0.3, -0.25) is 0 Å². The molecule has 1 aromatic carbocycles. The fourth-order valence-corrected chi connectivity index (χ4v) is 2.94. The second-order valence-electron chi connectivity index (χ2n) is 5.30. The van der Waals surface area contributed by atoms with Crippen LogP contribution in [0.5, 0.6) is 0 Å². The summed E-state index contributed by atoms with van der Waals surface area (Å²) in [5.74, 6) is 1.57. The number of aryl methyl sites for hydroxylation is 1. The molecule has 0 aliphatic carbocycles. The van der Waals surface area contributed by atoms with E-state index in [0.717, 1.165) is 11.6 Å². The Bertz CT molecular complexity index is 691. The van der Waals surface area contributed by atoms with Gasteiger partial charge in [0.15, 0.2) is 5.82 Å². The zero-order valence-electron chi connectivity index (χ0n) is 12.6. The van der Waals surface area contributed by atoms with Crippen LogP contribution in [0.1, 0.15) is 5.76 Å². The van der Waals surface area contributed by atoms with E-state index in [1.54, 1.807) is 23.1 Å². The van der Waals surface area contributed by atoms with Crippen molar-refractivity contribution in [3.8, 4) is 0 Å². The van der Waals surface area contributed by atoms with Crippen LogP contribution in [-0.4, -0.2) is 42.3 Å². The molecule has 1 aromatic heterocycles. The SMILES string of the molecule is Cc1cc(N2CCN(C(=O)Nc3c(Cl)cccc3Cl)CC2)no1. The summed E-state index contributed by atoms with van der Waals surface area (Å²) in [7, 11) is 0. The topological polar surface area (TPSA) is 61.6 Å². The molecule has 6 nitrogen and oxygen atoms in total. The lowest BCUT2D eigenvalue weighted by atomic mass is 10.3. The van der Waals surface area contributed by atoms with Gasteiger partial charge in [0.05, 0.1) is 15.7 Å². The van der Waals surface area contributed by atoms with Crippen LogP contribution in [0.4, 0.5) is 16.3 Å². The Labute approximate surface area is 143 Å². The number of hydrogen-bond acceptors (Lipinski definition) is 4. The Hall–Kier alpha value is -1.92. The van der Waals surface area contributed by atoms with E-state index in [-0.39, 0.29) is 6.03 Å². The van der Waals surface area contributed by atoms with Crippen molar-refractivity contribution in [2.24, 2.45) is 0 Å². The molecule has 2 heterocycles. The first kappa shape index (κ1) is 16.0. The van der Waals surface area contributed by atoms with Gasteiger partial charge < -0.3 is 19.6 Å². The van der Waals surface area contributed by atoms with Crippen LogP contribution in [-0.2, 0) is 0 Å². The molecule has 0 spiro atoms. The van der Waals surface area contributed by atoms with Crippen LogP contribution in [0.25, 0.3) is 0 Å². The monoisotopic (exact) mass is 354 g/mol. The highest BCUT2D eigenvalue weighted by Crippen LogP contribution is 2.30. The summed E-state index contributed by atoms with van der Waals surface area (Å²) >= 11 is 12.1. The highest BCUT2D eigenvalue weighted by atomic mass is 35.5. The van der Waals surface area contributed by atoms with Gasteiger partial charge in [-0.05, 0) is 19.1 Å². The van der Waals surface area contributed by atoms with Crippen LogP contribution in [0.15, 0.2) is 28.8 Å². The van der Waals surface area contributed by atoms with Crippen LogP contribution >= 0.6 is 23.2 Å². The summed E-state index contributed by atoms with van der Waals surface area (Å²) in [6, 6.07) is 6.79. The second-order valence-corrected chi connectivity index (χ2v) is 6.11. The third kappa shape index (κ3) is 3.54. The maximum Gasteiger partial charge on any atom is 0.322 e. The number of anilines is 2. The summed E-state index contributed by atoms with van der Waals surface area (Å²) in [5, 5.41) is 7.61. The van der Waals surface area contributed by atoms with Crippen molar-refractivity contribution in [2.75, 3.05) is 36.4 Å². The lowest BCUT2D eigenvalue weighted by Gasteiger charge is -2.34. The molecule has 122 valence electrons. The minimum Gasteiger partial charge on any atom is -0.360 e. The largest absolute Gasteiger partial charge is 0.360 e. The number of carbonyl (C=O) groups is 1. The highest BCUT2D eigenvalue weighted by Gasteiger charge is 2.23. The van der Waals surface area contributed by atoms with Crippen molar-refractivity contribution >= 4 is 40.7 Å². The van der Waals surface area contributed by atoms with E-state index in [4.69, 9.17) is 27.7 Å². The Morgan fingerprint density at radius 3 is 2.43 bits per heavy atom. The lowest BCUT2D eigenvalue weighted by Crippen LogP contribution is -2.50. The van der Waals surface area contributed by atoms with Crippen LogP contribution in [0, 0.1) is 6.92 Å². The molecule has 0 bridgehead atoms. The average Bonchev–Trinajstić information content (AvgIpc) is 2.97. The smallest absolute Gasteiger partial charge is 0.322 e. The van der Waals surface area contributed by atoms with E-state index in [1.807, 2.05) is 13.0 Å². The van der Waals surface area contributed by atoms with Gasteiger partial charge in [-0.2, -0.15) is 0 Å². The molecular formula is C15H16Cl2N4O2. The van der Waals surface area contributed by atoms with Crippen molar-refractivity contribution in [1.29, 1.82) is 0 Å². The zero-order valence-corrected chi connectivity index (χ0v) is 14.1. The maximum absolute atomic E-state index is 12.4. The first-order valence-corrected chi connectivity index (χ1v) is 7.98. The fourth-order valence-electron chi connectivity index (χ4n) is 2.44. The Balaban J connectivity index is 1.60. The first-order chi connectivity index (χ1) is 11.0. The number of nitrogens with one attached hydrogen (secondary N) is 1. The minimum absolute atomic E-state index is 0.212. The number of carbonyl (C=O) groups excluding carboxylic acids is 1. The van der Waals surface area contributed by atoms with Crippen molar-refractivity contribution in [3.63, 3.8) is 0 Å². The summed E-state index contributed by atoms with van der Waals surface area (Å²) in [5.41, 5.74) is 0.440. The normalized spacial score (nSPS) is 14.9. The molecule has 1 saturated heterocycles. The molecule has 1 aliphatic rings. The van der Waals surface area contributed by atoms with E-state index >= 15 is 0 Å². The van der Waals surface area contributed by atoms with Gasteiger partial charge in [-0.15, -0.1) is 0 Å². The van der Waals surface area contributed by atoms with Gasteiger partial charge in [-0.1, -0.05) is 34.4 Å². The number of aromatic nitrogens is 1. The molecule has 1 N–H and O–H groups in total. The molecule has 0 unspecified atom stereocenters. The second kappa shape index (κ2) is 6.68. The predicted octanol–water partition coefficient (Wildman–Crippen LogP) is 3.64. The molecule has 2 amide bonds. The van der Waals surface area contributed by atoms with Crippen molar-refractivity contribution in [3.05, 3.63) is 40.1 Å². The fraction of sp³-hybridized carbons (Fsp3) is 0.333. The quantitative estimate of drug-likeness (QED) is 0.893. The minimum atomic E-state index is -0.212. The van der Waals surface area contributed by atoms with Gasteiger partial charge in [0, 0.05) is 32.2 Å². The van der Waals surface area contributed by atoms with Gasteiger partial charge in [0.1, 0.15) is 5.76 Å². The number of benzene rings is 1. The van der Waals surface area contributed by atoms with Crippen LogP contribution in [0.2, 0.25) is 10.0 Å². The van der Waals surface area contributed by atoms with Crippen LogP contribution in [0.3, 0.4) is 0 Å². The molecule has 0 atom stereocenters. The molecule has 1 aliphatic heterocycles. The summed E-state index contributed by atoms with van der Waals surface area (Å²) in [4.78, 5) is 16.2. The number of halogens is 2. The Morgan fingerprint density at radius 2 is 1.87 bits per heavy atom. The average molecular weight is 355 g/mol. The number of urea groups is 1. The van der Waals surface area contributed by atoms with E-state index in [9.17, 15) is 4.79 Å². The van der Waals surface area contributed by atoms with Gasteiger partial charge >= 0.3 is 6.03 Å². The molecular weight excluding hydrogens is 339 g/mol. The summed E-state index contributed by atoms with van der Waals surface area (Å²) in [6.45, 7) is 4.40. The lowest BCUT2D eigenvalue weighted by molar-refractivity contribution is 0.208. The maximum atomic E-state index is 12.4. The van der Waals surface area contributed by atoms with Gasteiger partial charge in [0.2, 0.25) is 0 Å². The number of hydrogen-bond donors (Lipinski definition) is 1. The van der Waals surface area contributed by atoms with Crippen molar-refractivity contribution < 1.29 is 9.32 Å². The van der Waals surface area contributed by atoms with E-state index in [0.29, 0.717) is 41.9 Å². The third-order valence-corrected chi connectivity index (χ3v) is 4.33. The molecule has 3 rings (SSSR count). The van der Waals surface area contributed by atoms with E-state index < -0.39 is 0 Å². The van der Waals surface area contributed by atoms with Gasteiger partial charge in [-0.25, -0.2) is 4.79 Å². The molecule has 0 saturated carbocycles. The van der Waals surface area contributed by atoms with Crippen molar-refractivity contribution in [1.82, 2.24) is 10.1 Å². The van der Waals surface area contributed by atoms with E-state index in [2.05, 4.69) is 15.4 Å². The molecule has 2 aromatic rings. The molecule has 8 heteroatoms. The Kier molecular flexibility index (Phi) is 4.63. The number of piperazine rings is 1. The van der Waals surface area contributed by atoms with Gasteiger partial charge in [0.25, 0.3) is 0 Å². The first-order valence-electron chi connectivity index (χ1n) is 7.23. The number of rotatable bonds is 2. The standard InChI is InChI=1S/C15H16Cl2N4O2/c1-10-9-13(19-23-10)20-5-7-21(8-6-20)15(22)18-14-11(16)3-2-4-12(14)17/h2-4,9H,5-8H2,1H3,(H,18,22). The number of amides is 2. The highest BCUT2D eigenvalue weighted by molar-refractivity contribution is 6.39.